The van der Waals surface area contributed by atoms with Gasteiger partial charge in [-0.15, -0.1) is 0 Å². The largest absolute Gasteiger partial charge is 0.494 e. The first-order valence-electron chi connectivity index (χ1n) is 6.76. The van der Waals surface area contributed by atoms with Crippen molar-refractivity contribution in [3.05, 3.63) is 41.5 Å². The van der Waals surface area contributed by atoms with Gasteiger partial charge in [-0.3, -0.25) is 0 Å². The molecule has 1 heterocycles. The smallest absolute Gasteiger partial charge is 0.399 e. The predicted molar refractivity (Wildman–Crippen MR) is 81.0 cm³/mol. The molecule has 1 aromatic carbocycles. The highest BCUT2D eigenvalue weighted by molar-refractivity contribution is 6.68. The highest BCUT2D eigenvalue weighted by Gasteiger charge is 2.52. The Morgan fingerprint density at radius 2 is 1.58 bits per heavy atom. The molecular weight excluding hydrogens is 235 g/mol. The van der Waals surface area contributed by atoms with E-state index in [-0.39, 0.29) is 18.3 Å². The average Bonchev–Trinajstić information content (AvgIpc) is 2.47. The van der Waals surface area contributed by atoms with Gasteiger partial charge < -0.3 is 9.31 Å². The van der Waals surface area contributed by atoms with Gasteiger partial charge >= 0.3 is 7.12 Å². The predicted octanol–water partition coefficient (Wildman–Crippen LogP) is 3.95. The maximum Gasteiger partial charge on any atom is 0.494 e. The zero-order valence-electron chi connectivity index (χ0n) is 12.8. The van der Waals surface area contributed by atoms with Crippen molar-refractivity contribution in [2.45, 2.75) is 52.7 Å². The van der Waals surface area contributed by atoms with Crippen molar-refractivity contribution in [1.29, 1.82) is 0 Å². The molecule has 1 saturated heterocycles. The molecule has 0 atom stereocenters. The molecule has 0 N–H and O–H groups in total. The molecule has 102 valence electrons. The summed E-state index contributed by atoms with van der Waals surface area (Å²) in [6.45, 7) is 16.6. The first-order chi connectivity index (χ1) is 8.64. The summed E-state index contributed by atoms with van der Waals surface area (Å²) < 4.78 is 12.1. The fraction of sp³-hybridized carbons (Fsp3) is 0.500. The monoisotopic (exact) mass is 258 g/mol. The van der Waals surface area contributed by atoms with Crippen LogP contribution in [0.25, 0.3) is 5.47 Å². The van der Waals surface area contributed by atoms with E-state index < -0.39 is 0 Å². The molecular formula is C16H23BO2. The molecule has 1 aliphatic heterocycles. The van der Waals surface area contributed by atoms with Crippen LogP contribution in [0.4, 0.5) is 0 Å². The van der Waals surface area contributed by atoms with Gasteiger partial charge in [0.2, 0.25) is 0 Å². The highest BCUT2D eigenvalue weighted by Crippen LogP contribution is 2.40. The van der Waals surface area contributed by atoms with Gasteiger partial charge in [0.15, 0.2) is 0 Å². The molecule has 0 aliphatic carbocycles. The number of rotatable bonds is 2. The quantitative estimate of drug-likeness (QED) is 0.748. The van der Waals surface area contributed by atoms with E-state index in [0.717, 1.165) is 11.0 Å². The second kappa shape index (κ2) is 4.50. The van der Waals surface area contributed by atoms with Gasteiger partial charge in [-0.25, -0.2) is 0 Å². The molecule has 19 heavy (non-hydrogen) atoms. The maximum absolute atomic E-state index is 6.04. The summed E-state index contributed by atoms with van der Waals surface area (Å²) in [5.74, 6) is 0. The van der Waals surface area contributed by atoms with Crippen LogP contribution in [0.15, 0.2) is 24.8 Å². The molecule has 1 fully saturated rings. The Bertz CT molecular complexity index is 501. The van der Waals surface area contributed by atoms with Gasteiger partial charge in [0, 0.05) is 0 Å². The van der Waals surface area contributed by atoms with Crippen molar-refractivity contribution in [3.8, 4) is 0 Å². The average molecular weight is 258 g/mol. The molecule has 0 saturated carbocycles. The van der Waals surface area contributed by atoms with E-state index in [4.69, 9.17) is 9.31 Å². The van der Waals surface area contributed by atoms with Crippen LogP contribution in [-0.2, 0) is 9.31 Å². The van der Waals surface area contributed by atoms with E-state index in [0.29, 0.717) is 0 Å². The highest BCUT2D eigenvalue weighted by atomic mass is 16.7. The molecule has 0 bridgehead atoms. The molecule has 0 unspecified atom stereocenters. The second-order valence-electron chi connectivity index (χ2n) is 6.43. The standard InChI is InChI=1S/C16H23BO2/c1-11-8-9-14(12(2)10-11)13(3)17-18-15(4,5)16(6,7)19-17/h8-10H,3H2,1-2,4-7H3. The van der Waals surface area contributed by atoms with Gasteiger partial charge in [0.05, 0.1) is 11.2 Å². The van der Waals surface area contributed by atoms with E-state index in [1.807, 2.05) is 0 Å². The topological polar surface area (TPSA) is 18.5 Å². The number of aryl methyl sites for hydroxylation is 2. The first kappa shape index (κ1) is 14.4. The minimum absolute atomic E-state index is 0.320. The summed E-state index contributed by atoms with van der Waals surface area (Å²) in [5.41, 5.74) is 3.83. The van der Waals surface area contributed by atoms with Crippen molar-refractivity contribution in [1.82, 2.24) is 0 Å². The van der Waals surface area contributed by atoms with Crippen LogP contribution in [0.1, 0.15) is 44.4 Å². The Morgan fingerprint density at radius 1 is 1.05 bits per heavy atom. The third kappa shape index (κ3) is 2.50. The fourth-order valence-electron chi connectivity index (χ4n) is 2.29. The SMILES string of the molecule is C=C(B1OC(C)(C)C(C)(C)O1)c1ccc(C)cc1C. The lowest BCUT2D eigenvalue weighted by Crippen LogP contribution is -2.41. The molecule has 2 nitrogen and oxygen atoms in total. The second-order valence-corrected chi connectivity index (χ2v) is 6.43. The van der Waals surface area contributed by atoms with Crippen LogP contribution in [0.2, 0.25) is 0 Å². The van der Waals surface area contributed by atoms with E-state index in [1.165, 1.54) is 11.1 Å². The summed E-state index contributed by atoms with van der Waals surface area (Å²) in [6, 6.07) is 6.35. The van der Waals surface area contributed by atoms with Crippen LogP contribution >= 0.6 is 0 Å². The van der Waals surface area contributed by atoms with Crippen molar-refractivity contribution in [2.24, 2.45) is 0 Å². The molecule has 0 spiro atoms. The fourth-order valence-corrected chi connectivity index (χ4v) is 2.29. The Balaban J connectivity index is 2.27. The zero-order valence-corrected chi connectivity index (χ0v) is 12.8. The third-order valence-corrected chi connectivity index (χ3v) is 4.27. The van der Waals surface area contributed by atoms with Gasteiger partial charge in [-0.1, -0.05) is 30.3 Å². The van der Waals surface area contributed by atoms with Crippen LogP contribution in [-0.4, -0.2) is 18.3 Å². The number of hydrogen-bond acceptors (Lipinski definition) is 2. The van der Waals surface area contributed by atoms with Gasteiger partial charge in [0.1, 0.15) is 0 Å². The first-order valence-corrected chi connectivity index (χ1v) is 6.76. The van der Waals surface area contributed by atoms with Crippen molar-refractivity contribution in [2.75, 3.05) is 0 Å². The van der Waals surface area contributed by atoms with Crippen LogP contribution < -0.4 is 0 Å². The van der Waals surface area contributed by atoms with E-state index in [1.54, 1.807) is 0 Å². The van der Waals surface area contributed by atoms with Gasteiger partial charge in [-0.05, 0) is 58.1 Å². The van der Waals surface area contributed by atoms with Crippen LogP contribution in [0.3, 0.4) is 0 Å². The van der Waals surface area contributed by atoms with Crippen LogP contribution in [0, 0.1) is 13.8 Å². The van der Waals surface area contributed by atoms with E-state index >= 15 is 0 Å². The zero-order chi connectivity index (χ0) is 14.4. The Hall–Kier alpha value is -1.06. The lowest BCUT2D eigenvalue weighted by atomic mass is 9.74. The molecule has 1 aliphatic rings. The molecule has 0 aromatic heterocycles. The lowest BCUT2D eigenvalue weighted by molar-refractivity contribution is 0.00578. The minimum atomic E-state index is -0.369. The maximum atomic E-state index is 6.04. The summed E-state index contributed by atoms with van der Waals surface area (Å²) in [4.78, 5) is 0. The molecule has 1 aromatic rings. The van der Waals surface area contributed by atoms with Crippen molar-refractivity contribution >= 4 is 12.6 Å². The van der Waals surface area contributed by atoms with Gasteiger partial charge in [-0.2, -0.15) is 0 Å². The normalized spacial score (nSPS) is 20.6. The Kier molecular flexibility index (Phi) is 3.40. The number of benzene rings is 1. The molecule has 3 heteroatoms. The van der Waals surface area contributed by atoms with Crippen molar-refractivity contribution in [3.63, 3.8) is 0 Å². The number of hydrogen-bond donors (Lipinski definition) is 0. The summed E-state index contributed by atoms with van der Waals surface area (Å²) in [7, 11) is -0.369. The molecule has 0 amide bonds. The van der Waals surface area contributed by atoms with E-state index in [2.05, 4.69) is 66.3 Å². The van der Waals surface area contributed by atoms with Crippen LogP contribution in [0.5, 0.6) is 0 Å². The molecule has 0 radical (unpaired) electrons. The summed E-state index contributed by atoms with van der Waals surface area (Å²) >= 11 is 0. The lowest BCUT2D eigenvalue weighted by Gasteiger charge is -2.32. The Morgan fingerprint density at radius 3 is 2.05 bits per heavy atom. The van der Waals surface area contributed by atoms with Gasteiger partial charge in [0.25, 0.3) is 0 Å². The third-order valence-electron chi connectivity index (χ3n) is 4.27. The minimum Gasteiger partial charge on any atom is -0.399 e. The molecule has 2 rings (SSSR count). The van der Waals surface area contributed by atoms with E-state index in [9.17, 15) is 0 Å². The summed E-state index contributed by atoms with van der Waals surface area (Å²) in [6.07, 6.45) is 0. The van der Waals surface area contributed by atoms with Crippen molar-refractivity contribution < 1.29 is 9.31 Å². The Labute approximate surface area is 117 Å². The summed E-state index contributed by atoms with van der Waals surface area (Å²) in [5, 5.41) is 0.